The highest BCUT2D eigenvalue weighted by molar-refractivity contribution is 5.70. The molecule has 10 atom stereocenters. The van der Waals surface area contributed by atoms with Crippen LogP contribution in [0.3, 0.4) is 0 Å². The molecule has 4 aliphatic rings. The maximum absolute atomic E-state index is 13.2. The second kappa shape index (κ2) is 8.49. The highest BCUT2D eigenvalue weighted by atomic mass is 16.7. The van der Waals surface area contributed by atoms with Crippen LogP contribution in [-0.2, 0) is 19.0 Å². The number of esters is 1. The Balaban J connectivity index is 1.43. The van der Waals surface area contributed by atoms with E-state index in [-0.39, 0.29) is 24.0 Å². The fraction of sp³-hybridized carbons (Fsp3) is 0.960. The van der Waals surface area contributed by atoms with Crippen LogP contribution in [0.1, 0.15) is 86.0 Å². The summed E-state index contributed by atoms with van der Waals surface area (Å²) in [6, 6.07) is 0. The Hall–Kier alpha value is -0.610. The van der Waals surface area contributed by atoms with Gasteiger partial charge in [-0.2, -0.15) is 0 Å². The maximum Gasteiger partial charge on any atom is 0.308 e. The van der Waals surface area contributed by atoms with Crippen LogP contribution >= 0.6 is 0 Å². The lowest BCUT2D eigenvalue weighted by Gasteiger charge is -2.39. The quantitative estimate of drug-likeness (QED) is 0.370. The minimum Gasteiger partial charge on any atom is -0.459 e. The zero-order valence-electron chi connectivity index (χ0n) is 19.2. The predicted molar refractivity (Wildman–Crippen MR) is 113 cm³/mol. The van der Waals surface area contributed by atoms with E-state index < -0.39 is 0 Å². The molecule has 4 aliphatic carbocycles. The van der Waals surface area contributed by atoms with Crippen LogP contribution in [0.2, 0.25) is 0 Å². The van der Waals surface area contributed by atoms with E-state index in [1.54, 1.807) is 0 Å². The van der Waals surface area contributed by atoms with Crippen molar-refractivity contribution in [1.82, 2.24) is 0 Å². The Kier molecular flexibility index (Phi) is 6.33. The maximum atomic E-state index is 13.2. The van der Waals surface area contributed by atoms with E-state index in [2.05, 4.69) is 20.8 Å². The van der Waals surface area contributed by atoms with Crippen LogP contribution in [0, 0.1) is 41.4 Å². The number of fused-ring (bicyclic) bond motifs is 4. The van der Waals surface area contributed by atoms with Crippen molar-refractivity contribution in [3.8, 4) is 0 Å². The van der Waals surface area contributed by atoms with Gasteiger partial charge in [-0.25, -0.2) is 0 Å². The van der Waals surface area contributed by atoms with E-state index in [4.69, 9.17) is 14.2 Å². The highest BCUT2D eigenvalue weighted by Gasteiger charge is 2.54. The summed E-state index contributed by atoms with van der Waals surface area (Å²) in [5.41, 5.74) is -0.202. The average molecular weight is 407 g/mol. The number of hydrogen-bond donors (Lipinski definition) is 0. The molecule has 4 saturated carbocycles. The molecule has 0 spiro atoms. The van der Waals surface area contributed by atoms with Crippen LogP contribution in [0.25, 0.3) is 0 Å². The molecule has 4 bridgehead atoms. The molecule has 4 fully saturated rings. The van der Waals surface area contributed by atoms with Crippen molar-refractivity contribution in [3.63, 3.8) is 0 Å². The second-order valence-corrected chi connectivity index (χ2v) is 10.7. The van der Waals surface area contributed by atoms with Crippen molar-refractivity contribution in [2.24, 2.45) is 41.4 Å². The van der Waals surface area contributed by atoms with Crippen molar-refractivity contribution < 1.29 is 19.0 Å². The lowest BCUT2D eigenvalue weighted by molar-refractivity contribution is -0.192. The zero-order chi connectivity index (χ0) is 20.8. The molecular formula is C25H42O4. The molecule has 4 rings (SSSR count). The van der Waals surface area contributed by atoms with Crippen molar-refractivity contribution >= 4 is 5.97 Å². The Labute approximate surface area is 177 Å². The molecule has 0 aromatic heterocycles. The fourth-order valence-electron chi connectivity index (χ4n) is 7.70. The zero-order valence-corrected chi connectivity index (χ0v) is 19.2. The number of ether oxygens (including phenoxy) is 3. The third-order valence-electron chi connectivity index (χ3n) is 9.40. The Morgan fingerprint density at radius 3 is 2.45 bits per heavy atom. The van der Waals surface area contributed by atoms with Crippen LogP contribution < -0.4 is 0 Å². The van der Waals surface area contributed by atoms with Crippen LogP contribution in [0.4, 0.5) is 0 Å². The summed E-state index contributed by atoms with van der Waals surface area (Å²) in [5.74, 6) is 4.73. The Morgan fingerprint density at radius 2 is 1.90 bits per heavy atom. The highest BCUT2D eigenvalue weighted by Crippen LogP contribution is 2.57. The Morgan fingerprint density at radius 1 is 1.10 bits per heavy atom. The molecule has 29 heavy (non-hydrogen) atoms. The topological polar surface area (TPSA) is 44.8 Å². The average Bonchev–Trinajstić information content (AvgIpc) is 3.44. The van der Waals surface area contributed by atoms with E-state index in [0.29, 0.717) is 30.8 Å². The summed E-state index contributed by atoms with van der Waals surface area (Å²) in [6.07, 6.45) is 8.35. The summed E-state index contributed by atoms with van der Waals surface area (Å²) in [5, 5.41) is 0. The van der Waals surface area contributed by atoms with Crippen molar-refractivity contribution in [3.05, 3.63) is 0 Å². The van der Waals surface area contributed by atoms with Crippen LogP contribution in [-0.4, -0.2) is 30.6 Å². The lowest BCUT2D eigenvalue weighted by atomic mass is 9.73. The minimum atomic E-state index is -0.271. The number of carbonyl (C=O) groups is 1. The smallest absolute Gasteiger partial charge is 0.308 e. The molecule has 0 N–H and O–H groups in total. The van der Waals surface area contributed by atoms with Gasteiger partial charge in [-0.05, 0) is 100 Å². The molecule has 0 aromatic rings. The molecular weight excluding hydrogens is 364 g/mol. The molecule has 4 nitrogen and oxygen atoms in total. The molecule has 0 heterocycles. The summed E-state index contributed by atoms with van der Waals surface area (Å²) >= 11 is 0. The molecule has 0 saturated heterocycles. The number of rotatable bonds is 9. The first-order valence-corrected chi connectivity index (χ1v) is 12.4. The van der Waals surface area contributed by atoms with Crippen molar-refractivity contribution in [2.75, 3.05) is 6.61 Å². The SMILES string of the molecule is CCOC(C)OC(CC(=O)OC1(CC)CC2CCC1C2)C1CC2CC1C(C)C2C. The van der Waals surface area contributed by atoms with Gasteiger partial charge in [-0.1, -0.05) is 20.8 Å². The molecule has 166 valence electrons. The van der Waals surface area contributed by atoms with Gasteiger partial charge in [0.05, 0.1) is 12.5 Å². The largest absolute Gasteiger partial charge is 0.459 e. The van der Waals surface area contributed by atoms with Gasteiger partial charge in [-0.3, -0.25) is 4.79 Å². The second-order valence-electron chi connectivity index (χ2n) is 10.7. The van der Waals surface area contributed by atoms with Gasteiger partial charge in [0.15, 0.2) is 6.29 Å². The van der Waals surface area contributed by atoms with Gasteiger partial charge < -0.3 is 14.2 Å². The van der Waals surface area contributed by atoms with E-state index in [1.165, 1.54) is 32.1 Å². The summed E-state index contributed by atoms with van der Waals surface area (Å²) in [6.45, 7) is 11.6. The normalized spacial score (nSPS) is 44.9. The van der Waals surface area contributed by atoms with E-state index >= 15 is 0 Å². The molecule has 10 unspecified atom stereocenters. The first-order valence-electron chi connectivity index (χ1n) is 12.4. The number of hydrogen-bond acceptors (Lipinski definition) is 4. The third-order valence-corrected chi connectivity index (χ3v) is 9.40. The first-order chi connectivity index (χ1) is 13.9. The van der Waals surface area contributed by atoms with Gasteiger partial charge in [0.25, 0.3) is 0 Å². The van der Waals surface area contributed by atoms with Gasteiger partial charge in [-0.15, -0.1) is 0 Å². The van der Waals surface area contributed by atoms with E-state index in [1.807, 2.05) is 13.8 Å². The van der Waals surface area contributed by atoms with Crippen molar-refractivity contribution in [2.45, 2.75) is 104 Å². The third kappa shape index (κ3) is 4.01. The molecule has 0 amide bonds. The molecule has 0 aliphatic heterocycles. The van der Waals surface area contributed by atoms with Gasteiger partial charge in [0.2, 0.25) is 0 Å². The Bertz CT molecular complexity index is 589. The van der Waals surface area contributed by atoms with Crippen molar-refractivity contribution in [1.29, 1.82) is 0 Å². The van der Waals surface area contributed by atoms with Crippen LogP contribution in [0.15, 0.2) is 0 Å². The fourth-order valence-corrected chi connectivity index (χ4v) is 7.70. The monoisotopic (exact) mass is 406 g/mol. The van der Waals surface area contributed by atoms with E-state index in [0.717, 1.165) is 36.5 Å². The lowest BCUT2D eigenvalue weighted by Crippen LogP contribution is -2.42. The molecule has 4 heteroatoms. The summed E-state index contributed by atoms with van der Waals surface area (Å²) in [7, 11) is 0. The van der Waals surface area contributed by atoms with E-state index in [9.17, 15) is 4.79 Å². The van der Waals surface area contributed by atoms with Gasteiger partial charge in [0, 0.05) is 6.61 Å². The summed E-state index contributed by atoms with van der Waals surface area (Å²) in [4.78, 5) is 13.2. The predicted octanol–water partition coefficient (Wildman–Crippen LogP) is 5.58. The van der Waals surface area contributed by atoms with Crippen LogP contribution in [0.5, 0.6) is 0 Å². The molecule has 0 aromatic carbocycles. The van der Waals surface area contributed by atoms with Gasteiger partial charge in [0.1, 0.15) is 5.60 Å². The van der Waals surface area contributed by atoms with Gasteiger partial charge >= 0.3 is 5.97 Å². The molecule has 0 radical (unpaired) electrons. The summed E-state index contributed by atoms with van der Waals surface area (Å²) < 4.78 is 18.3. The minimum absolute atomic E-state index is 0.0448. The first kappa shape index (κ1) is 21.6. The number of carbonyl (C=O) groups excluding carboxylic acids is 1. The standard InChI is InChI=1S/C25H42O4/c1-6-25(14-18-8-9-20(25)10-18)29-24(26)13-23(28-17(5)27-7-2)22-12-19-11-21(22)16(4)15(19)3/h15-23H,6-14H2,1-5H3.